The summed E-state index contributed by atoms with van der Waals surface area (Å²) in [5.41, 5.74) is 11.9. The summed E-state index contributed by atoms with van der Waals surface area (Å²) >= 11 is 0. The molecule has 8 nitrogen and oxygen atoms in total. The van der Waals surface area contributed by atoms with Crippen molar-refractivity contribution in [1.82, 2.24) is 5.32 Å². The van der Waals surface area contributed by atoms with Gasteiger partial charge in [0.1, 0.15) is 11.9 Å². The first-order valence-corrected chi connectivity index (χ1v) is 9.67. The van der Waals surface area contributed by atoms with E-state index in [1.165, 1.54) is 6.07 Å². The van der Waals surface area contributed by atoms with Gasteiger partial charge in [0.2, 0.25) is 5.91 Å². The second kappa shape index (κ2) is 10.3. The van der Waals surface area contributed by atoms with Crippen LogP contribution in [-0.2, 0) is 9.59 Å². The van der Waals surface area contributed by atoms with Gasteiger partial charge in [-0.1, -0.05) is 50.6 Å². The van der Waals surface area contributed by atoms with Crippen molar-refractivity contribution in [2.75, 3.05) is 11.4 Å². The zero-order chi connectivity index (χ0) is 22.3. The average molecular weight is 409 g/mol. The molecule has 0 aliphatic rings. The molecule has 0 unspecified atom stereocenters. The van der Waals surface area contributed by atoms with Crippen LogP contribution in [0.5, 0.6) is 0 Å². The number of para-hydroxylation sites is 1. The number of amides is 3. The van der Waals surface area contributed by atoms with Crippen LogP contribution in [0.2, 0.25) is 0 Å². The Balaban J connectivity index is 2.53. The van der Waals surface area contributed by atoms with Crippen LogP contribution >= 0.6 is 0 Å². The molecule has 30 heavy (non-hydrogen) atoms. The SMILES string of the molecule is CC[C@@H](C)[C@@H](NC(=O)CN)C(=O)N(C(=O)c1cccc(C(=N)N)c1)c1ccccc1. The Kier molecular flexibility index (Phi) is 7.83. The zero-order valence-electron chi connectivity index (χ0n) is 17.1. The average Bonchev–Trinajstić information content (AvgIpc) is 2.77. The second-order valence-electron chi connectivity index (χ2n) is 6.94. The van der Waals surface area contributed by atoms with E-state index in [9.17, 15) is 14.4 Å². The fourth-order valence-corrected chi connectivity index (χ4v) is 2.93. The third kappa shape index (κ3) is 5.30. The van der Waals surface area contributed by atoms with Crippen LogP contribution < -0.4 is 21.7 Å². The molecule has 0 aromatic heterocycles. The van der Waals surface area contributed by atoms with E-state index in [1.807, 2.05) is 13.8 Å². The Morgan fingerprint density at radius 1 is 1.07 bits per heavy atom. The molecule has 6 N–H and O–H groups in total. The van der Waals surface area contributed by atoms with E-state index in [-0.39, 0.29) is 23.9 Å². The van der Waals surface area contributed by atoms with Gasteiger partial charge in [-0.05, 0) is 30.2 Å². The molecule has 0 saturated carbocycles. The van der Waals surface area contributed by atoms with Gasteiger partial charge in [0.25, 0.3) is 11.8 Å². The van der Waals surface area contributed by atoms with Crippen molar-refractivity contribution in [3.63, 3.8) is 0 Å². The maximum atomic E-state index is 13.5. The Morgan fingerprint density at radius 3 is 2.27 bits per heavy atom. The number of nitrogens with one attached hydrogen (secondary N) is 2. The number of carbonyl (C=O) groups is 3. The largest absolute Gasteiger partial charge is 0.384 e. The minimum Gasteiger partial charge on any atom is -0.384 e. The van der Waals surface area contributed by atoms with Crippen LogP contribution in [-0.4, -0.2) is 36.1 Å². The molecule has 0 spiro atoms. The van der Waals surface area contributed by atoms with Crippen molar-refractivity contribution in [3.8, 4) is 0 Å². The summed E-state index contributed by atoms with van der Waals surface area (Å²) in [5, 5.41) is 10.2. The Bertz CT molecular complexity index is 929. The lowest BCUT2D eigenvalue weighted by Gasteiger charge is -2.29. The lowest BCUT2D eigenvalue weighted by atomic mass is 9.96. The summed E-state index contributed by atoms with van der Waals surface area (Å²) in [6.45, 7) is 3.45. The minimum absolute atomic E-state index is 0.185. The number of anilines is 1. The van der Waals surface area contributed by atoms with Gasteiger partial charge in [0.05, 0.1) is 12.2 Å². The van der Waals surface area contributed by atoms with Crippen LogP contribution in [0.4, 0.5) is 5.69 Å². The smallest absolute Gasteiger partial charge is 0.265 e. The van der Waals surface area contributed by atoms with Crippen LogP contribution in [0.25, 0.3) is 0 Å². The van der Waals surface area contributed by atoms with Gasteiger partial charge < -0.3 is 16.8 Å². The maximum Gasteiger partial charge on any atom is 0.265 e. The highest BCUT2D eigenvalue weighted by Gasteiger charge is 2.34. The van der Waals surface area contributed by atoms with E-state index in [2.05, 4.69) is 5.32 Å². The normalized spacial score (nSPS) is 12.5. The molecule has 0 heterocycles. The van der Waals surface area contributed by atoms with Crippen molar-refractivity contribution in [1.29, 1.82) is 5.41 Å². The number of nitrogens with zero attached hydrogens (tertiary/aromatic N) is 1. The number of rotatable bonds is 8. The number of hydrogen-bond acceptors (Lipinski definition) is 5. The fraction of sp³-hybridized carbons (Fsp3) is 0.273. The topological polar surface area (TPSA) is 142 Å². The van der Waals surface area contributed by atoms with Crippen molar-refractivity contribution >= 4 is 29.2 Å². The van der Waals surface area contributed by atoms with E-state index in [4.69, 9.17) is 16.9 Å². The maximum absolute atomic E-state index is 13.5. The standard InChI is InChI=1S/C22H27N5O3/c1-3-14(2)19(26-18(28)13-23)22(30)27(17-10-5-4-6-11-17)21(29)16-9-7-8-15(12-16)20(24)25/h4-12,14,19H,3,13,23H2,1-2H3,(H3,24,25)(H,26,28)/t14-,19-/m1/s1. The lowest BCUT2D eigenvalue weighted by Crippen LogP contribution is -2.54. The van der Waals surface area contributed by atoms with Crippen LogP contribution in [0, 0.1) is 11.3 Å². The van der Waals surface area contributed by atoms with Crippen LogP contribution in [0.3, 0.4) is 0 Å². The van der Waals surface area contributed by atoms with E-state index in [0.717, 1.165) is 4.90 Å². The quantitative estimate of drug-likeness (QED) is 0.387. The molecule has 0 radical (unpaired) electrons. The molecule has 0 aliphatic carbocycles. The van der Waals surface area contributed by atoms with Crippen LogP contribution in [0.15, 0.2) is 54.6 Å². The van der Waals surface area contributed by atoms with Gasteiger partial charge in [-0.2, -0.15) is 0 Å². The third-order valence-corrected chi connectivity index (χ3v) is 4.84. The van der Waals surface area contributed by atoms with Gasteiger partial charge in [-0.25, -0.2) is 4.90 Å². The molecule has 158 valence electrons. The molecule has 0 aliphatic heterocycles. The van der Waals surface area contributed by atoms with Crippen molar-refractivity contribution in [2.45, 2.75) is 26.3 Å². The predicted octanol–water partition coefficient (Wildman–Crippen LogP) is 1.63. The number of nitrogens with two attached hydrogens (primary N) is 2. The Hall–Kier alpha value is -3.52. The number of carbonyl (C=O) groups excluding carboxylic acids is 3. The fourth-order valence-electron chi connectivity index (χ4n) is 2.93. The van der Waals surface area contributed by atoms with E-state index < -0.39 is 23.8 Å². The van der Waals surface area contributed by atoms with Crippen molar-refractivity contribution in [2.24, 2.45) is 17.4 Å². The highest BCUT2D eigenvalue weighted by molar-refractivity contribution is 6.23. The lowest BCUT2D eigenvalue weighted by molar-refractivity contribution is -0.127. The van der Waals surface area contributed by atoms with Gasteiger partial charge in [0.15, 0.2) is 0 Å². The molecule has 2 atom stereocenters. The zero-order valence-corrected chi connectivity index (χ0v) is 17.1. The van der Waals surface area contributed by atoms with Crippen molar-refractivity contribution in [3.05, 3.63) is 65.7 Å². The number of hydrogen-bond donors (Lipinski definition) is 4. The summed E-state index contributed by atoms with van der Waals surface area (Å²) in [7, 11) is 0. The van der Waals surface area contributed by atoms with Gasteiger partial charge in [0, 0.05) is 11.1 Å². The first-order chi connectivity index (χ1) is 14.3. The first kappa shape index (κ1) is 22.8. The van der Waals surface area contributed by atoms with Crippen LogP contribution in [0.1, 0.15) is 36.2 Å². The van der Waals surface area contributed by atoms with E-state index >= 15 is 0 Å². The Morgan fingerprint density at radius 2 is 1.70 bits per heavy atom. The van der Waals surface area contributed by atoms with Gasteiger partial charge in [-0.3, -0.25) is 19.8 Å². The monoisotopic (exact) mass is 409 g/mol. The molecular formula is C22H27N5O3. The second-order valence-corrected chi connectivity index (χ2v) is 6.94. The summed E-state index contributed by atoms with van der Waals surface area (Å²) in [4.78, 5) is 39.9. The van der Waals surface area contributed by atoms with Gasteiger partial charge >= 0.3 is 0 Å². The highest BCUT2D eigenvalue weighted by Crippen LogP contribution is 2.21. The molecule has 2 aromatic rings. The number of nitrogen functional groups attached to an aromatic ring is 1. The summed E-state index contributed by atoms with van der Waals surface area (Å²) in [6, 6.07) is 13.8. The summed E-state index contributed by atoms with van der Waals surface area (Å²) in [6.07, 6.45) is 0.609. The van der Waals surface area contributed by atoms with E-state index in [0.29, 0.717) is 17.7 Å². The van der Waals surface area contributed by atoms with Gasteiger partial charge in [-0.15, -0.1) is 0 Å². The molecule has 2 aromatic carbocycles. The Labute approximate surface area is 175 Å². The summed E-state index contributed by atoms with van der Waals surface area (Å²) < 4.78 is 0. The minimum atomic E-state index is -0.925. The molecule has 0 bridgehead atoms. The molecule has 8 heteroatoms. The third-order valence-electron chi connectivity index (χ3n) is 4.84. The molecule has 0 saturated heterocycles. The summed E-state index contributed by atoms with van der Waals surface area (Å²) in [5.74, 6) is -2.03. The van der Waals surface area contributed by atoms with Crippen molar-refractivity contribution < 1.29 is 14.4 Å². The molecule has 3 amide bonds. The van der Waals surface area contributed by atoms with E-state index in [1.54, 1.807) is 48.5 Å². The number of imide groups is 1. The highest BCUT2D eigenvalue weighted by atomic mass is 16.2. The molecular weight excluding hydrogens is 382 g/mol. The number of benzene rings is 2. The molecule has 2 rings (SSSR count). The first-order valence-electron chi connectivity index (χ1n) is 9.67. The predicted molar refractivity (Wildman–Crippen MR) is 116 cm³/mol. The number of amidine groups is 1. The molecule has 0 fully saturated rings.